The molecule has 0 bridgehead atoms. The minimum Gasteiger partial charge on any atom is -1.00 e. The molecule has 1 atom stereocenters. The maximum Gasteiger partial charge on any atom is 0.211 e. The summed E-state index contributed by atoms with van der Waals surface area (Å²) in [6.07, 6.45) is 1.35. The summed E-state index contributed by atoms with van der Waals surface area (Å²) in [5, 5.41) is 0. The Labute approximate surface area is 96.8 Å². The lowest BCUT2D eigenvalue weighted by molar-refractivity contribution is -0.903. The number of carbonyl (C=O) groups is 1. The smallest absolute Gasteiger partial charge is 0.211 e. The van der Waals surface area contributed by atoms with Crippen LogP contribution in [0.5, 0.6) is 0 Å². The van der Waals surface area contributed by atoms with Gasteiger partial charge in [-0.05, 0) is 13.0 Å². The summed E-state index contributed by atoms with van der Waals surface area (Å²) in [6, 6.07) is -0.107. The van der Waals surface area contributed by atoms with E-state index in [1.54, 1.807) is 0 Å². The Kier molecular flexibility index (Phi) is 8.45. The minimum absolute atomic E-state index is 0. The molecular weight excluding hydrogens is 225 g/mol. The third-order valence-electron chi connectivity index (χ3n) is 2.41. The zero-order chi connectivity index (χ0) is 10.5. The molecular formula is C9H17Cl2NO2. The van der Waals surface area contributed by atoms with E-state index in [1.807, 2.05) is 21.0 Å². The van der Waals surface area contributed by atoms with Gasteiger partial charge in [0.05, 0.1) is 26.0 Å². The summed E-state index contributed by atoms with van der Waals surface area (Å²) < 4.78 is 5.01. The predicted octanol–water partition coefficient (Wildman–Crippen LogP) is -1.62. The minimum atomic E-state index is -0.107. The summed E-state index contributed by atoms with van der Waals surface area (Å²) in [6.45, 7) is 6.46. The van der Waals surface area contributed by atoms with Crippen molar-refractivity contribution in [2.75, 3.05) is 27.2 Å². The third kappa shape index (κ3) is 4.96. The van der Waals surface area contributed by atoms with Gasteiger partial charge in [-0.15, -0.1) is 0 Å². The number of ketones is 1. The first-order valence-electron chi connectivity index (χ1n) is 4.18. The Balaban J connectivity index is 0. The fourth-order valence-corrected chi connectivity index (χ4v) is 1.05. The zero-order valence-electron chi connectivity index (χ0n) is 8.80. The second-order valence-electron chi connectivity index (χ2n) is 3.60. The van der Waals surface area contributed by atoms with Gasteiger partial charge < -0.3 is 16.9 Å². The maximum atomic E-state index is 11.3. The van der Waals surface area contributed by atoms with Crippen LogP contribution in [-0.4, -0.2) is 43.6 Å². The lowest BCUT2D eigenvalue weighted by Gasteiger charge is -2.34. The monoisotopic (exact) mass is 241 g/mol. The molecule has 0 aliphatic heterocycles. The van der Waals surface area contributed by atoms with Crippen LogP contribution in [0.4, 0.5) is 0 Å². The molecule has 0 aliphatic rings. The van der Waals surface area contributed by atoms with Crippen molar-refractivity contribution in [1.82, 2.24) is 0 Å². The molecule has 1 unspecified atom stereocenters. The van der Waals surface area contributed by atoms with Gasteiger partial charge in [0.25, 0.3) is 0 Å². The van der Waals surface area contributed by atoms with Gasteiger partial charge in [-0.25, -0.2) is 0 Å². The van der Waals surface area contributed by atoms with E-state index in [0.717, 1.165) is 0 Å². The summed E-state index contributed by atoms with van der Waals surface area (Å²) in [7, 11) is 3.92. The van der Waals surface area contributed by atoms with Crippen molar-refractivity contribution in [3.8, 4) is 0 Å². The highest BCUT2D eigenvalue weighted by atomic mass is 35.5. The van der Waals surface area contributed by atoms with E-state index < -0.39 is 0 Å². The molecule has 14 heavy (non-hydrogen) atoms. The van der Waals surface area contributed by atoms with Gasteiger partial charge in [0, 0.05) is 0 Å². The molecule has 0 aromatic carbocycles. The highest BCUT2D eigenvalue weighted by molar-refractivity contribution is 6.07. The second kappa shape index (κ2) is 7.23. The largest absolute Gasteiger partial charge is 1.00 e. The molecule has 5 heteroatoms. The van der Waals surface area contributed by atoms with Gasteiger partial charge in [0.1, 0.15) is 19.2 Å². The molecule has 0 aromatic heterocycles. The molecule has 0 N–H and O–H groups in total. The Morgan fingerprint density at radius 1 is 1.64 bits per heavy atom. The van der Waals surface area contributed by atoms with Crippen LogP contribution in [0.1, 0.15) is 6.92 Å². The lowest BCUT2D eigenvalue weighted by atomic mass is 10.1. The maximum absolute atomic E-state index is 11.3. The molecule has 0 rings (SSSR count). The normalized spacial score (nSPS) is 12.9. The number of halogens is 2. The SMILES string of the molecule is C=CC(=O)C(C)[N+](C)(C)CCOCl.[Cl-]. The van der Waals surface area contributed by atoms with Gasteiger partial charge in [0.2, 0.25) is 5.78 Å². The van der Waals surface area contributed by atoms with Gasteiger partial charge in [-0.1, -0.05) is 6.58 Å². The average molecular weight is 242 g/mol. The van der Waals surface area contributed by atoms with Gasteiger partial charge in [0.15, 0.2) is 0 Å². The van der Waals surface area contributed by atoms with Crippen LogP contribution in [0, 0.1) is 0 Å². The Hall–Kier alpha value is -0.0900. The van der Waals surface area contributed by atoms with Crippen molar-refractivity contribution in [2.45, 2.75) is 13.0 Å². The number of nitrogens with zero attached hydrogens (tertiary/aromatic N) is 1. The van der Waals surface area contributed by atoms with Crippen molar-refractivity contribution < 1.29 is 26.0 Å². The third-order valence-corrected chi connectivity index (χ3v) is 2.56. The first-order chi connectivity index (χ1) is 5.95. The standard InChI is InChI=1S/C9H17ClNO2.ClH/c1-5-9(12)8(2)11(3,4)6-7-13-10;/h5,8H,1,6-7H2,2-4H3;1H/q+1;/p-1. The Bertz CT molecular complexity index is 195. The first kappa shape index (κ1) is 16.3. The molecule has 0 fully saturated rings. The van der Waals surface area contributed by atoms with Crippen molar-refractivity contribution in [3.63, 3.8) is 0 Å². The van der Waals surface area contributed by atoms with E-state index in [4.69, 9.17) is 11.9 Å². The van der Waals surface area contributed by atoms with Gasteiger partial charge in [-0.3, -0.25) is 9.08 Å². The van der Waals surface area contributed by atoms with Crippen molar-refractivity contribution in [2.24, 2.45) is 0 Å². The van der Waals surface area contributed by atoms with Crippen molar-refractivity contribution in [3.05, 3.63) is 12.7 Å². The first-order valence-corrected chi connectivity index (χ1v) is 4.49. The van der Waals surface area contributed by atoms with Crippen LogP contribution in [0.3, 0.4) is 0 Å². The molecule has 0 saturated heterocycles. The Morgan fingerprint density at radius 3 is 2.50 bits per heavy atom. The number of carbonyl (C=O) groups excluding carboxylic acids is 1. The second-order valence-corrected chi connectivity index (χ2v) is 3.82. The zero-order valence-corrected chi connectivity index (χ0v) is 10.3. The number of hydrogen-bond acceptors (Lipinski definition) is 2. The predicted molar refractivity (Wildman–Crippen MR) is 53.4 cm³/mol. The van der Waals surface area contributed by atoms with Crippen LogP contribution in [0.25, 0.3) is 0 Å². The summed E-state index contributed by atoms with van der Waals surface area (Å²) >= 11 is 5.11. The van der Waals surface area contributed by atoms with E-state index >= 15 is 0 Å². The molecule has 0 aliphatic carbocycles. The van der Waals surface area contributed by atoms with E-state index in [-0.39, 0.29) is 24.2 Å². The quantitative estimate of drug-likeness (QED) is 0.413. The lowest BCUT2D eigenvalue weighted by Crippen LogP contribution is -3.00. The fourth-order valence-electron chi connectivity index (χ4n) is 0.978. The molecule has 0 radical (unpaired) electrons. The number of quaternary nitrogens is 1. The van der Waals surface area contributed by atoms with Gasteiger partial charge >= 0.3 is 0 Å². The highest BCUT2D eigenvalue weighted by Crippen LogP contribution is 2.07. The van der Waals surface area contributed by atoms with Crippen molar-refractivity contribution >= 4 is 17.6 Å². The van der Waals surface area contributed by atoms with Crippen molar-refractivity contribution in [1.29, 1.82) is 0 Å². The average Bonchev–Trinajstić information content (AvgIpc) is 2.12. The Morgan fingerprint density at radius 2 is 2.14 bits per heavy atom. The topological polar surface area (TPSA) is 26.3 Å². The van der Waals surface area contributed by atoms with Crippen LogP contribution in [0.15, 0.2) is 12.7 Å². The molecule has 0 saturated carbocycles. The van der Waals surface area contributed by atoms with Crippen LogP contribution < -0.4 is 12.4 Å². The molecule has 0 heterocycles. The van der Waals surface area contributed by atoms with E-state index in [2.05, 4.69) is 10.9 Å². The van der Waals surface area contributed by atoms with Crippen LogP contribution >= 0.6 is 11.9 Å². The summed E-state index contributed by atoms with van der Waals surface area (Å²) in [4.78, 5) is 11.3. The number of rotatable bonds is 6. The van der Waals surface area contributed by atoms with Crippen LogP contribution in [-0.2, 0) is 9.08 Å². The van der Waals surface area contributed by atoms with E-state index in [9.17, 15) is 4.79 Å². The fraction of sp³-hybridized carbons (Fsp3) is 0.667. The number of hydrogen-bond donors (Lipinski definition) is 0. The number of likely N-dealkylation sites (N-methyl/N-ethyl adjacent to an activating group) is 1. The molecule has 0 aromatic rings. The van der Waals surface area contributed by atoms with Gasteiger partial charge in [-0.2, -0.15) is 0 Å². The summed E-state index contributed by atoms with van der Waals surface area (Å²) in [5.41, 5.74) is 0. The molecule has 84 valence electrons. The highest BCUT2D eigenvalue weighted by Gasteiger charge is 2.28. The molecule has 0 amide bonds. The molecule has 0 spiro atoms. The summed E-state index contributed by atoms with van der Waals surface area (Å²) in [5.74, 6) is 0.0413. The molecule has 3 nitrogen and oxygen atoms in total. The van der Waals surface area contributed by atoms with E-state index in [0.29, 0.717) is 17.6 Å². The van der Waals surface area contributed by atoms with Crippen LogP contribution in [0.2, 0.25) is 0 Å². The van der Waals surface area contributed by atoms with E-state index in [1.165, 1.54) is 6.08 Å².